The summed E-state index contributed by atoms with van der Waals surface area (Å²) in [6.07, 6.45) is 0. The van der Waals surface area contributed by atoms with Gasteiger partial charge >= 0.3 is 5.91 Å². The van der Waals surface area contributed by atoms with Crippen molar-refractivity contribution in [2.75, 3.05) is 19.1 Å². The van der Waals surface area contributed by atoms with Crippen molar-refractivity contribution in [1.82, 2.24) is 4.98 Å². The van der Waals surface area contributed by atoms with Crippen LogP contribution in [0.4, 0.5) is 5.13 Å². The van der Waals surface area contributed by atoms with Gasteiger partial charge in [0.15, 0.2) is 5.13 Å². The van der Waals surface area contributed by atoms with Crippen LogP contribution in [0, 0.1) is 13.8 Å². The number of hydrogen-bond donors (Lipinski definition) is 1. The predicted octanol–water partition coefficient (Wildman–Crippen LogP) is 5.56. The lowest BCUT2D eigenvalue weighted by Gasteiger charge is -2.24. The lowest BCUT2D eigenvalue weighted by Crippen LogP contribution is -2.29. The first kappa shape index (κ1) is 23.6. The SMILES string of the molecule is COc1ccc(/C(O)=C2\C(=O)C(=O)N(c3nc4c(C)cc(C)cc4s3)C2c2ccccc2OC)cc1. The molecule has 1 unspecified atom stereocenters. The van der Waals surface area contributed by atoms with E-state index in [1.165, 1.54) is 23.3 Å². The summed E-state index contributed by atoms with van der Waals surface area (Å²) < 4.78 is 11.7. The maximum atomic E-state index is 13.5. The molecular weight excluding hydrogens is 476 g/mol. The summed E-state index contributed by atoms with van der Waals surface area (Å²) in [5.41, 5.74) is 3.78. The number of ketones is 1. The van der Waals surface area contributed by atoms with E-state index in [1.54, 1.807) is 49.6 Å². The first-order valence-electron chi connectivity index (χ1n) is 11.3. The van der Waals surface area contributed by atoms with Gasteiger partial charge in [-0.15, -0.1) is 0 Å². The van der Waals surface area contributed by atoms with Gasteiger partial charge in [0.05, 0.1) is 30.0 Å². The molecule has 1 aromatic heterocycles. The molecule has 3 aromatic carbocycles. The highest BCUT2D eigenvalue weighted by Crippen LogP contribution is 2.46. The number of methoxy groups -OCH3 is 2. The molecule has 1 fully saturated rings. The summed E-state index contributed by atoms with van der Waals surface area (Å²) in [5, 5.41) is 11.7. The van der Waals surface area contributed by atoms with Crippen molar-refractivity contribution in [3.63, 3.8) is 0 Å². The van der Waals surface area contributed by atoms with Crippen molar-refractivity contribution in [3.8, 4) is 11.5 Å². The number of aliphatic hydroxyl groups excluding tert-OH is 1. The van der Waals surface area contributed by atoms with E-state index in [0.29, 0.717) is 27.8 Å². The molecule has 1 aliphatic heterocycles. The van der Waals surface area contributed by atoms with Crippen LogP contribution in [0.15, 0.2) is 66.2 Å². The number of ether oxygens (including phenoxy) is 2. The molecule has 36 heavy (non-hydrogen) atoms. The normalized spacial score (nSPS) is 17.1. The Morgan fingerprint density at radius 2 is 1.72 bits per heavy atom. The molecule has 0 bridgehead atoms. The highest BCUT2D eigenvalue weighted by molar-refractivity contribution is 7.22. The van der Waals surface area contributed by atoms with Gasteiger partial charge in [0, 0.05) is 11.1 Å². The van der Waals surface area contributed by atoms with Crippen LogP contribution >= 0.6 is 11.3 Å². The minimum atomic E-state index is -0.926. The molecule has 1 amide bonds. The van der Waals surface area contributed by atoms with Gasteiger partial charge in [-0.2, -0.15) is 0 Å². The summed E-state index contributed by atoms with van der Waals surface area (Å²) in [7, 11) is 3.07. The number of Topliss-reactive ketones (excluding diaryl/α,β-unsaturated/α-hetero) is 1. The number of fused-ring (bicyclic) bond motifs is 1. The Labute approximate surface area is 212 Å². The molecule has 0 radical (unpaired) electrons. The van der Waals surface area contributed by atoms with Gasteiger partial charge in [-0.05, 0) is 61.4 Å². The molecule has 1 aliphatic rings. The summed E-state index contributed by atoms with van der Waals surface area (Å²) in [6.45, 7) is 3.97. The molecule has 1 N–H and O–H groups in total. The third-order valence-electron chi connectivity index (χ3n) is 6.27. The molecule has 1 atom stereocenters. The highest BCUT2D eigenvalue weighted by Gasteiger charge is 2.49. The van der Waals surface area contributed by atoms with Crippen molar-refractivity contribution >= 4 is 44.1 Å². The Morgan fingerprint density at radius 1 is 1.00 bits per heavy atom. The second-order valence-electron chi connectivity index (χ2n) is 8.56. The average Bonchev–Trinajstić information content (AvgIpc) is 3.42. The molecular formula is C28H24N2O5S. The Bertz CT molecular complexity index is 1540. The van der Waals surface area contributed by atoms with E-state index >= 15 is 0 Å². The first-order valence-corrected chi connectivity index (χ1v) is 12.1. The monoisotopic (exact) mass is 500 g/mol. The number of carbonyl (C=O) groups is 2. The summed E-state index contributed by atoms with van der Waals surface area (Å²) in [4.78, 5) is 33.1. The van der Waals surface area contributed by atoms with E-state index in [1.807, 2.05) is 32.0 Å². The summed E-state index contributed by atoms with van der Waals surface area (Å²) in [5.74, 6) is -0.722. The van der Waals surface area contributed by atoms with E-state index in [2.05, 4.69) is 0 Å². The largest absolute Gasteiger partial charge is 0.507 e. The number of aromatic nitrogens is 1. The minimum Gasteiger partial charge on any atom is -0.507 e. The van der Waals surface area contributed by atoms with E-state index in [-0.39, 0.29) is 11.3 Å². The van der Waals surface area contributed by atoms with Crippen LogP contribution in [0.3, 0.4) is 0 Å². The van der Waals surface area contributed by atoms with Crippen molar-refractivity contribution in [3.05, 3.63) is 88.5 Å². The number of thiazole rings is 1. The van der Waals surface area contributed by atoms with E-state index in [9.17, 15) is 14.7 Å². The van der Waals surface area contributed by atoms with E-state index < -0.39 is 17.7 Å². The van der Waals surface area contributed by atoms with Gasteiger partial charge in [0.1, 0.15) is 23.3 Å². The number of amides is 1. The summed E-state index contributed by atoms with van der Waals surface area (Å²) >= 11 is 1.34. The maximum Gasteiger partial charge on any atom is 0.301 e. The highest BCUT2D eigenvalue weighted by atomic mass is 32.1. The van der Waals surface area contributed by atoms with Gasteiger partial charge in [0.25, 0.3) is 5.78 Å². The molecule has 0 saturated carbocycles. The zero-order chi connectivity index (χ0) is 25.6. The zero-order valence-electron chi connectivity index (χ0n) is 20.2. The minimum absolute atomic E-state index is 0.0261. The van der Waals surface area contributed by atoms with Gasteiger partial charge in [-0.1, -0.05) is 35.6 Å². The van der Waals surface area contributed by atoms with Gasteiger partial charge in [0.2, 0.25) is 0 Å². The van der Waals surface area contributed by atoms with Crippen LogP contribution in [0.5, 0.6) is 11.5 Å². The standard InChI is InChI=1S/C28H24N2O5S/c1-15-13-16(2)23-21(14-15)36-28(29-23)30-24(19-7-5-6-8-20(19)35-4)22(26(32)27(30)33)25(31)17-9-11-18(34-3)12-10-17/h5-14,24,31H,1-4H3/b25-22+. The average molecular weight is 501 g/mol. The van der Waals surface area contributed by atoms with E-state index in [0.717, 1.165) is 21.3 Å². The lowest BCUT2D eigenvalue weighted by molar-refractivity contribution is -0.132. The number of para-hydroxylation sites is 1. The molecule has 182 valence electrons. The van der Waals surface area contributed by atoms with Gasteiger partial charge in [-0.25, -0.2) is 4.98 Å². The molecule has 0 aliphatic carbocycles. The van der Waals surface area contributed by atoms with Crippen molar-refractivity contribution < 1.29 is 24.2 Å². The second-order valence-corrected chi connectivity index (χ2v) is 9.57. The number of benzene rings is 3. The van der Waals surface area contributed by atoms with Gasteiger partial charge < -0.3 is 14.6 Å². The molecule has 8 heteroatoms. The Balaban J connectivity index is 1.75. The Hall–Kier alpha value is -4.17. The number of hydrogen-bond acceptors (Lipinski definition) is 7. The molecule has 2 heterocycles. The van der Waals surface area contributed by atoms with Crippen LogP contribution in [0.2, 0.25) is 0 Å². The number of aliphatic hydroxyl groups is 1. The maximum absolute atomic E-state index is 13.5. The topological polar surface area (TPSA) is 89.0 Å². The number of carbonyl (C=O) groups excluding carboxylic acids is 2. The van der Waals surface area contributed by atoms with Crippen LogP contribution in [-0.4, -0.2) is 36.0 Å². The molecule has 7 nitrogen and oxygen atoms in total. The third kappa shape index (κ3) is 3.79. The quantitative estimate of drug-likeness (QED) is 0.219. The predicted molar refractivity (Wildman–Crippen MR) is 140 cm³/mol. The summed E-state index contributed by atoms with van der Waals surface area (Å²) in [6, 6.07) is 16.9. The number of rotatable bonds is 5. The van der Waals surface area contributed by atoms with Crippen LogP contribution < -0.4 is 14.4 Å². The molecule has 0 spiro atoms. The lowest BCUT2D eigenvalue weighted by atomic mass is 9.94. The third-order valence-corrected chi connectivity index (χ3v) is 7.27. The van der Waals surface area contributed by atoms with Crippen molar-refractivity contribution in [2.45, 2.75) is 19.9 Å². The fourth-order valence-corrected chi connectivity index (χ4v) is 5.75. The molecule has 1 saturated heterocycles. The van der Waals surface area contributed by atoms with E-state index in [4.69, 9.17) is 14.5 Å². The first-order chi connectivity index (χ1) is 17.3. The zero-order valence-corrected chi connectivity index (χ0v) is 21.1. The number of aryl methyl sites for hydroxylation is 2. The van der Waals surface area contributed by atoms with Crippen LogP contribution in [0.1, 0.15) is 28.3 Å². The van der Waals surface area contributed by atoms with Gasteiger partial charge in [-0.3, -0.25) is 14.5 Å². The smallest absolute Gasteiger partial charge is 0.301 e. The van der Waals surface area contributed by atoms with Crippen LogP contribution in [-0.2, 0) is 9.59 Å². The fourth-order valence-electron chi connectivity index (χ4n) is 4.58. The number of nitrogens with zero attached hydrogens (tertiary/aromatic N) is 2. The number of anilines is 1. The van der Waals surface area contributed by atoms with Crippen molar-refractivity contribution in [1.29, 1.82) is 0 Å². The Morgan fingerprint density at radius 3 is 2.42 bits per heavy atom. The second kappa shape index (κ2) is 9.13. The fraction of sp³-hybridized carbons (Fsp3) is 0.179. The van der Waals surface area contributed by atoms with Crippen molar-refractivity contribution in [2.24, 2.45) is 0 Å². The molecule has 4 aromatic rings. The Kier molecular flexibility index (Phi) is 5.97. The van der Waals surface area contributed by atoms with Crippen LogP contribution in [0.25, 0.3) is 16.0 Å². The molecule has 5 rings (SSSR count).